The molecular formula is C17H19ClN2O. The molecule has 0 spiro atoms. The number of nitrogens with two attached hydrogens (primary N) is 1. The lowest BCUT2D eigenvalue weighted by atomic mass is 9.99. The Kier molecular flexibility index (Phi) is 4.86. The molecule has 0 aliphatic carbocycles. The first-order chi connectivity index (χ1) is 10.0. The lowest BCUT2D eigenvalue weighted by Crippen LogP contribution is -2.10. The molecule has 3 N–H and O–H groups in total. The Morgan fingerprint density at radius 2 is 1.90 bits per heavy atom. The van der Waals surface area contributed by atoms with Crippen LogP contribution in [0.3, 0.4) is 0 Å². The van der Waals surface area contributed by atoms with Gasteiger partial charge in [-0.15, -0.1) is 0 Å². The maximum Gasteiger partial charge on any atom is 0.146 e. The highest BCUT2D eigenvalue weighted by atomic mass is 35.5. The van der Waals surface area contributed by atoms with Crippen molar-refractivity contribution in [3.8, 4) is 11.5 Å². The molecule has 0 radical (unpaired) electrons. The molecule has 1 atom stereocenters. The van der Waals surface area contributed by atoms with Gasteiger partial charge in [-0.25, -0.2) is 0 Å². The van der Waals surface area contributed by atoms with Crippen molar-refractivity contribution in [1.82, 2.24) is 0 Å². The molecule has 2 aromatic rings. The second kappa shape index (κ2) is 6.64. The Morgan fingerprint density at radius 3 is 2.43 bits per heavy atom. The summed E-state index contributed by atoms with van der Waals surface area (Å²) in [6.07, 6.45) is 1.11. The number of hydrogen-bond donors (Lipinski definition) is 2. The zero-order chi connectivity index (χ0) is 15.4. The number of benzene rings is 2. The zero-order valence-electron chi connectivity index (χ0n) is 12.2. The molecule has 0 saturated heterocycles. The van der Waals surface area contributed by atoms with E-state index in [1.54, 1.807) is 18.2 Å². The van der Waals surface area contributed by atoms with Gasteiger partial charge in [-0.05, 0) is 48.2 Å². The summed E-state index contributed by atoms with van der Waals surface area (Å²) in [6, 6.07) is 13.1. The standard InChI is InChI=1S/C17H19ClN2O/c1-3-11(2)12-4-7-14(8-5-12)21-16-9-6-13(17(19)20)10-15(16)18/h4-11H,3H2,1-2H3,(H3,19,20). The molecule has 0 saturated carbocycles. The second-order valence-electron chi connectivity index (χ2n) is 5.04. The molecular weight excluding hydrogens is 284 g/mol. The van der Waals surface area contributed by atoms with Crippen molar-refractivity contribution in [3.63, 3.8) is 0 Å². The summed E-state index contributed by atoms with van der Waals surface area (Å²) in [4.78, 5) is 0. The Bertz CT molecular complexity index is 638. The summed E-state index contributed by atoms with van der Waals surface area (Å²) in [7, 11) is 0. The number of rotatable bonds is 5. The third-order valence-electron chi connectivity index (χ3n) is 3.53. The normalized spacial score (nSPS) is 12.0. The Hall–Kier alpha value is -2.00. The van der Waals surface area contributed by atoms with Crippen LogP contribution in [0.15, 0.2) is 42.5 Å². The van der Waals surface area contributed by atoms with Gasteiger partial charge in [0.15, 0.2) is 0 Å². The molecule has 0 bridgehead atoms. The van der Waals surface area contributed by atoms with Gasteiger partial charge in [0.25, 0.3) is 0 Å². The van der Waals surface area contributed by atoms with Crippen LogP contribution in [0, 0.1) is 5.41 Å². The highest BCUT2D eigenvalue weighted by Gasteiger charge is 2.07. The van der Waals surface area contributed by atoms with Crippen LogP contribution in [0.4, 0.5) is 0 Å². The Morgan fingerprint density at radius 1 is 1.24 bits per heavy atom. The number of hydrogen-bond acceptors (Lipinski definition) is 2. The summed E-state index contributed by atoms with van der Waals surface area (Å²) in [6.45, 7) is 4.37. The average molecular weight is 303 g/mol. The van der Waals surface area contributed by atoms with Crippen molar-refractivity contribution in [2.45, 2.75) is 26.2 Å². The minimum atomic E-state index is -0.0126. The molecule has 0 fully saturated rings. The highest BCUT2D eigenvalue weighted by molar-refractivity contribution is 6.32. The zero-order valence-corrected chi connectivity index (χ0v) is 12.9. The van der Waals surface area contributed by atoms with Gasteiger partial charge in [-0.3, -0.25) is 5.41 Å². The maximum atomic E-state index is 7.38. The van der Waals surface area contributed by atoms with Crippen LogP contribution < -0.4 is 10.5 Å². The molecule has 110 valence electrons. The molecule has 0 amide bonds. The van der Waals surface area contributed by atoms with Gasteiger partial charge < -0.3 is 10.5 Å². The maximum absolute atomic E-state index is 7.38. The van der Waals surface area contributed by atoms with Gasteiger partial charge in [0.1, 0.15) is 17.3 Å². The number of ether oxygens (including phenoxy) is 1. The van der Waals surface area contributed by atoms with E-state index in [1.165, 1.54) is 5.56 Å². The van der Waals surface area contributed by atoms with Crippen molar-refractivity contribution in [3.05, 3.63) is 58.6 Å². The van der Waals surface area contributed by atoms with Gasteiger partial charge in [-0.2, -0.15) is 0 Å². The summed E-state index contributed by atoms with van der Waals surface area (Å²) in [5, 5.41) is 7.82. The minimum absolute atomic E-state index is 0.0126. The molecule has 4 heteroatoms. The fourth-order valence-electron chi connectivity index (χ4n) is 1.98. The molecule has 1 unspecified atom stereocenters. The van der Waals surface area contributed by atoms with E-state index >= 15 is 0 Å². The molecule has 2 rings (SSSR count). The molecule has 3 nitrogen and oxygen atoms in total. The first-order valence-corrected chi connectivity index (χ1v) is 7.30. The van der Waals surface area contributed by atoms with Crippen LogP contribution in [0.5, 0.6) is 11.5 Å². The summed E-state index contributed by atoms with van der Waals surface area (Å²) in [5.74, 6) is 1.82. The van der Waals surface area contributed by atoms with E-state index in [-0.39, 0.29) is 5.84 Å². The number of nitrogens with one attached hydrogen (secondary N) is 1. The van der Waals surface area contributed by atoms with Crippen molar-refractivity contribution in [2.75, 3.05) is 0 Å². The van der Waals surface area contributed by atoms with Crippen molar-refractivity contribution < 1.29 is 4.74 Å². The summed E-state index contributed by atoms with van der Waals surface area (Å²) in [5.41, 5.74) is 7.30. The molecule has 0 heterocycles. The predicted octanol–water partition coefficient (Wildman–Crippen LogP) is 4.93. The van der Waals surface area contributed by atoms with Gasteiger partial charge in [-0.1, -0.05) is 37.6 Å². The quantitative estimate of drug-likeness (QED) is 0.607. The molecule has 0 aliphatic rings. The van der Waals surface area contributed by atoms with E-state index in [9.17, 15) is 0 Å². The Balaban J connectivity index is 2.16. The lowest BCUT2D eigenvalue weighted by Gasteiger charge is -2.11. The monoisotopic (exact) mass is 302 g/mol. The van der Waals surface area contributed by atoms with Gasteiger partial charge >= 0.3 is 0 Å². The predicted molar refractivity (Wildman–Crippen MR) is 87.7 cm³/mol. The molecule has 21 heavy (non-hydrogen) atoms. The SMILES string of the molecule is CCC(C)c1ccc(Oc2ccc(C(=N)N)cc2Cl)cc1. The third-order valence-corrected chi connectivity index (χ3v) is 3.83. The smallest absolute Gasteiger partial charge is 0.146 e. The topological polar surface area (TPSA) is 59.1 Å². The fourth-order valence-corrected chi connectivity index (χ4v) is 2.20. The van der Waals surface area contributed by atoms with Gasteiger partial charge in [0, 0.05) is 5.56 Å². The van der Waals surface area contributed by atoms with Crippen molar-refractivity contribution in [2.24, 2.45) is 5.73 Å². The average Bonchev–Trinajstić information content (AvgIpc) is 2.49. The number of halogens is 1. The molecule has 0 aliphatic heterocycles. The van der Waals surface area contributed by atoms with Crippen LogP contribution in [-0.2, 0) is 0 Å². The fraction of sp³-hybridized carbons (Fsp3) is 0.235. The second-order valence-corrected chi connectivity index (χ2v) is 5.45. The van der Waals surface area contributed by atoms with Crippen molar-refractivity contribution in [1.29, 1.82) is 5.41 Å². The van der Waals surface area contributed by atoms with E-state index in [0.29, 0.717) is 22.3 Å². The van der Waals surface area contributed by atoms with Crippen LogP contribution in [-0.4, -0.2) is 5.84 Å². The first kappa shape index (κ1) is 15.4. The lowest BCUT2D eigenvalue weighted by molar-refractivity contribution is 0.482. The van der Waals surface area contributed by atoms with E-state index in [4.69, 9.17) is 27.5 Å². The third kappa shape index (κ3) is 3.76. The minimum Gasteiger partial charge on any atom is -0.456 e. The van der Waals surface area contributed by atoms with E-state index in [0.717, 1.165) is 12.2 Å². The van der Waals surface area contributed by atoms with Gasteiger partial charge in [0.05, 0.1) is 5.02 Å². The van der Waals surface area contributed by atoms with E-state index in [2.05, 4.69) is 26.0 Å². The van der Waals surface area contributed by atoms with Crippen LogP contribution in [0.2, 0.25) is 5.02 Å². The number of amidine groups is 1. The van der Waals surface area contributed by atoms with Gasteiger partial charge in [0.2, 0.25) is 0 Å². The van der Waals surface area contributed by atoms with E-state index in [1.807, 2.05) is 12.1 Å². The highest BCUT2D eigenvalue weighted by Crippen LogP contribution is 2.31. The molecule has 2 aromatic carbocycles. The van der Waals surface area contributed by atoms with Crippen LogP contribution in [0.25, 0.3) is 0 Å². The Labute approximate surface area is 130 Å². The van der Waals surface area contributed by atoms with Crippen LogP contribution in [0.1, 0.15) is 37.3 Å². The largest absolute Gasteiger partial charge is 0.456 e. The van der Waals surface area contributed by atoms with E-state index < -0.39 is 0 Å². The summed E-state index contributed by atoms with van der Waals surface area (Å²) >= 11 is 6.15. The summed E-state index contributed by atoms with van der Waals surface area (Å²) < 4.78 is 5.77. The van der Waals surface area contributed by atoms with Crippen molar-refractivity contribution >= 4 is 17.4 Å². The number of nitrogen functional groups attached to an aromatic ring is 1. The van der Waals surface area contributed by atoms with Crippen LogP contribution >= 0.6 is 11.6 Å². The molecule has 0 aromatic heterocycles. The first-order valence-electron chi connectivity index (χ1n) is 6.93.